The number of amides is 1. The zero-order valence-electron chi connectivity index (χ0n) is 20.8. The first-order valence-corrected chi connectivity index (χ1v) is 12.9. The van der Waals surface area contributed by atoms with E-state index < -0.39 is 17.1 Å². The van der Waals surface area contributed by atoms with Crippen molar-refractivity contribution in [2.24, 2.45) is 0 Å². The normalized spacial score (nSPS) is 11.9. The van der Waals surface area contributed by atoms with Gasteiger partial charge in [0.2, 0.25) is 5.71 Å². The smallest absolute Gasteiger partial charge is 0.263 e. The Morgan fingerprint density at radius 1 is 1.22 bits per heavy atom. The number of aromatic nitrogens is 1. The lowest BCUT2D eigenvalue weighted by Crippen LogP contribution is -2.28. The summed E-state index contributed by atoms with van der Waals surface area (Å²) in [4.78, 5) is 17.4. The molecule has 0 aliphatic rings. The number of hydrogen-bond donors (Lipinski definition) is 2. The van der Waals surface area contributed by atoms with Gasteiger partial charge in [-0.15, -0.1) is 0 Å². The third kappa shape index (κ3) is 5.65. The van der Waals surface area contributed by atoms with Gasteiger partial charge in [-0.1, -0.05) is 19.1 Å². The van der Waals surface area contributed by atoms with Crippen LogP contribution in [-0.4, -0.2) is 40.4 Å². The van der Waals surface area contributed by atoms with Gasteiger partial charge in [0.15, 0.2) is 0 Å². The molecule has 0 fully saturated rings. The van der Waals surface area contributed by atoms with Gasteiger partial charge in [-0.3, -0.25) is 13.7 Å². The average molecular weight is 526 g/mol. The highest BCUT2D eigenvalue weighted by Crippen LogP contribution is 2.36. The minimum Gasteiger partial charge on any atom is -0.497 e. The summed E-state index contributed by atoms with van der Waals surface area (Å²) < 4.78 is 48.6. The predicted molar refractivity (Wildman–Crippen MR) is 142 cm³/mol. The third-order valence-electron chi connectivity index (χ3n) is 6.07. The number of benzene rings is 2. The molecule has 10 heteroatoms. The van der Waals surface area contributed by atoms with E-state index >= 15 is 0 Å². The summed E-state index contributed by atoms with van der Waals surface area (Å²) in [5.74, 6) is 0.517. The summed E-state index contributed by atoms with van der Waals surface area (Å²) in [6, 6.07) is 15.1. The highest BCUT2D eigenvalue weighted by Gasteiger charge is 2.26. The number of methoxy groups -OCH3 is 1. The minimum atomic E-state index is -2.34. The van der Waals surface area contributed by atoms with Gasteiger partial charge in [-0.05, 0) is 72.9 Å². The van der Waals surface area contributed by atoms with Crippen LogP contribution in [0.15, 0.2) is 59.0 Å². The highest BCUT2D eigenvalue weighted by atomic mass is 32.2. The van der Waals surface area contributed by atoms with Gasteiger partial charge in [-0.25, -0.2) is 8.60 Å². The number of halogens is 1. The molecule has 0 bridgehead atoms. The topological polar surface area (TPSA) is 105 Å². The van der Waals surface area contributed by atoms with Gasteiger partial charge in [0, 0.05) is 19.2 Å². The number of rotatable bonds is 10. The van der Waals surface area contributed by atoms with Crippen molar-refractivity contribution < 1.29 is 27.1 Å². The van der Waals surface area contributed by atoms with E-state index in [0.29, 0.717) is 41.6 Å². The zero-order chi connectivity index (χ0) is 26.5. The number of pyridine rings is 1. The molecule has 0 saturated heterocycles. The van der Waals surface area contributed by atoms with Crippen LogP contribution < -0.4 is 14.4 Å². The molecule has 1 unspecified atom stereocenters. The molecule has 1 amide bonds. The quantitative estimate of drug-likeness (QED) is 0.278. The van der Waals surface area contributed by atoms with Gasteiger partial charge in [-0.2, -0.15) is 4.98 Å². The monoisotopic (exact) mass is 525 g/mol. The molecule has 0 aliphatic heterocycles. The number of carbonyl (C=O) groups excluding carboxylic acids is 1. The lowest BCUT2D eigenvalue weighted by atomic mass is 10.0. The van der Waals surface area contributed by atoms with E-state index in [4.69, 9.17) is 9.15 Å². The molecule has 0 spiro atoms. The summed E-state index contributed by atoms with van der Waals surface area (Å²) in [6.07, 6.45) is 1.77. The van der Waals surface area contributed by atoms with Gasteiger partial charge >= 0.3 is 0 Å². The molecule has 194 valence electrons. The second-order valence-electron chi connectivity index (χ2n) is 8.36. The molecular weight excluding hydrogens is 497 g/mol. The maximum absolute atomic E-state index is 13.5. The molecule has 2 aromatic carbocycles. The lowest BCUT2D eigenvalue weighted by Gasteiger charge is -2.21. The number of anilines is 1. The SMILES string of the molecule is CCc1cc2c(C(=O)NC)c(-c3ccc(F)cc3)oc2nc1N(CCCc1cccc(OC)c1)S(=O)O. The van der Waals surface area contributed by atoms with Crippen molar-refractivity contribution in [3.8, 4) is 17.1 Å². The number of fused-ring (bicyclic) bond motifs is 1. The summed E-state index contributed by atoms with van der Waals surface area (Å²) in [5, 5.41) is 3.09. The zero-order valence-corrected chi connectivity index (χ0v) is 21.6. The van der Waals surface area contributed by atoms with Crippen molar-refractivity contribution in [1.29, 1.82) is 0 Å². The van der Waals surface area contributed by atoms with E-state index in [1.165, 1.54) is 35.6 Å². The second kappa shape index (κ2) is 11.5. The van der Waals surface area contributed by atoms with Crippen LogP contribution >= 0.6 is 0 Å². The van der Waals surface area contributed by atoms with Crippen LogP contribution in [-0.2, 0) is 24.1 Å². The number of ether oxygens (including phenoxy) is 1. The molecule has 0 radical (unpaired) electrons. The van der Waals surface area contributed by atoms with Crippen molar-refractivity contribution in [2.75, 3.05) is 25.0 Å². The van der Waals surface area contributed by atoms with Gasteiger partial charge in [0.25, 0.3) is 17.2 Å². The molecule has 0 saturated carbocycles. The Balaban J connectivity index is 1.72. The predicted octanol–water partition coefficient (Wildman–Crippen LogP) is 5.14. The molecule has 4 aromatic rings. The Bertz CT molecular complexity index is 1440. The van der Waals surface area contributed by atoms with Crippen molar-refractivity contribution in [3.63, 3.8) is 0 Å². The Morgan fingerprint density at radius 3 is 2.62 bits per heavy atom. The summed E-state index contributed by atoms with van der Waals surface area (Å²) in [7, 11) is 3.12. The maximum atomic E-state index is 13.5. The Kier molecular flexibility index (Phi) is 8.20. The van der Waals surface area contributed by atoms with Crippen LogP contribution in [0.2, 0.25) is 0 Å². The van der Waals surface area contributed by atoms with Crippen molar-refractivity contribution in [1.82, 2.24) is 10.3 Å². The van der Waals surface area contributed by atoms with E-state index in [9.17, 15) is 17.9 Å². The Morgan fingerprint density at radius 2 is 1.97 bits per heavy atom. The van der Waals surface area contributed by atoms with Gasteiger partial charge < -0.3 is 14.5 Å². The summed E-state index contributed by atoms with van der Waals surface area (Å²) in [5.41, 5.74) is 2.67. The molecule has 2 heterocycles. The number of nitrogens with zero attached hydrogens (tertiary/aromatic N) is 2. The van der Waals surface area contributed by atoms with Crippen molar-refractivity contribution >= 4 is 34.1 Å². The molecule has 8 nitrogen and oxygen atoms in total. The van der Waals surface area contributed by atoms with Gasteiger partial charge in [0.1, 0.15) is 23.1 Å². The molecule has 2 N–H and O–H groups in total. The van der Waals surface area contributed by atoms with Crippen molar-refractivity contribution in [3.05, 3.63) is 77.1 Å². The Hall–Kier alpha value is -3.76. The molecular formula is C27H28FN3O5S. The first-order valence-electron chi connectivity index (χ1n) is 11.8. The number of furan rings is 1. The fraction of sp³-hybridized carbons (Fsp3) is 0.259. The van der Waals surface area contributed by atoms with Crippen LogP contribution in [0.3, 0.4) is 0 Å². The first kappa shape index (κ1) is 26.3. The van der Waals surface area contributed by atoms with Crippen LogP contribution in [0, 0.1) is 5.82 Å². The second-order valence-corrected chi connectivity index (χ2v) is 9.26. The summed E-state index contributed by atoms with van der Waals surface area (Å²) >= 11 is -2.34. The number of carbonyl (C=O) groups is 1. The van der Waals surface area contributed by atoms with E-state index in [1.807, 2.05) is 31.2 Å². The molecule has 2 aromatic heterocycles. The van der Waals surface area contributed by atoms with Crippen LogP contribution in [0.5, 0.6) is 5.75 Å². The van der Waals surface area contributed by atoms with E-state index in [-0.39, 0.29) is 29.5 Å². The van der Waals surface area contributed by atoms with Gasteiger partial charge in [0.05, 0.1) is 18.1 Å². The van der Waals surface area contributed by atoms with Crippen LogP contribution in [0.25, 0.3) is 22.4 Å². The first-order chi connectivity index (χ1) is 17.9. The number of nitrogens with one attached hydrogen (secondary N) is 1. The standard InChI is InChI=1S/C27H28FN3O5S/c1-4-18-16-22-23(26(32)29-2)24(19-10-12-20(28)13-11-19)36-27(22)30-25(18)31(37(33)34)14-6-8-17-7-5-9-21(15-17)35-3/h5,7,9-13,15-16H,4,6,8,14H2,1-3H3,(H,29,32)(H,33,34). The fourth-order valence-electron chi connectivity index (χ4n) is 4.20. The average Bonchev–Trinajstić information content (AvgIpc) is 3.28. The molecule has 1 atom stereocenters. The largest absolute Gasteiger partial charge is 0.497 e. The van der Waals surface area contributed by atoms with E-state index in [0.717, 1.165) is 11.3 Å². The molecule has 0 aliphatic carbocycles. The highest BCUT2D eigenvalue weighted by molar-refractivity contribution is 7.80. The van der Waals surface area contributed by atoms with Crippen LogP contribution in [0.4, 0.5) is 10.2 Å². The van der Waals surface area contributed by atoms with Crippen LogP contribution in [0.1, 0.15) is 34.8 Å². The summed E-state index contributed by atoms with van der Waals surface area (Å²) in [6.45, 7) is 2.17. The lowest BCUT2D eigenvalue weighted by molar-refractivity contribution is 0.0964. The van der Waals surface area contributed by atoms with Crippen molar-refractivity contribution in [2.45, 2.75) is 26.2 Å². The number of aryl methyl sites for hydroxylation is 2. The number of hydrogen-bond acceptors (Lipinski definition) is 5. The minimum absolute atomic E-state index is 0.147. The Labute approximate surface area is 216 Å². The van der Waals surface area contributed by atoms with E-state index in [2.05, 4.69) is 10.3 Å². The fourth-order valence-corrected chi connectivity index (χ4v) is 4.79. The molecule has 4 rings (SSSR count). The maximum Gasteiger partial charge on any atom is 0.263 e. The third-order valence-corrected chi connectivity index (χ3v) is 6.80. The molecule has 37 heavy (non-hydrogen) atoms. The van der Waals surface area contributed by atoms with E-state index in [1.54, 1.807) is 13.2 Å².